The molecule has 1 rings (SSSR count). The number of carbonyl (C=O) groups excluding carboxylic acids is 2. The van der Waals surface area contributed by atoms with Crippen molar-refractivity contribution in [2.45, 2.75) is 142 Å². The standard InChI is InChI=1S/C30H50O2/c1-3-5-7-9-11-13-15-17-19-21-27-23-30(26-32)28(24-29(27)25-31)22-20-18-16-14-12-10-8-6-4-2/h23-26H,3-22H2,1-2H3. The van der Waals surface area contributed by atoms with E-state index in [1.54, 1.807) is 0 Å². The van der Waals surface area contributed by atoms with Crippen molar-refractivity contribution in [1.82, 2.24) is 0 Å². The number of hydrogen-bond donors (Lipinski definition) is 0. The Kier molecular flexibility index (Phi) is 18.0. The quantitative estimate of drug-likeness (QED) is 0.132. The Hall–Kier alpha value is -1.44. The van der Waals surface area contributed by atoms with E-state index in [1.807, 2.05) is 12.1 Å². The van der Waals surface area contributed by atoms with Crippen LogP contribution in [0.4, 0.5) is 0 Å². The van der Waals surface area contributed by atoms with E-state index in [0.29, 0.717) is 0 Å². The van der Waals surface area contributed by atoms with Crippen molar-refractivity contribution in [3.8, 4) is 0 Å². The van der Waals surface area contributed by atoms with Crippen LogP contribution in [0.1, 0.15) is 161 Å². The molecule has 0 saturated heterocycles. The Bertz CT molecular complexity index is 551. The molecule has 0 radical (unpaired) electrons. The molecule has 2 heteroatoms. The number of unbranched alkanes of at least 4 members (excludes halogenated alkanes) is 16. The summed E-state index contributed by atoms with van der Waals surface area (Å²) in [6, 6.07) is 3.98. The molecule has 0 saturated carbocycles. The number of carbonyl (C=O) groups is 2. The van der Waals surface area contributed by atoms with Crippen molar-refractivity contribution in [3.05, 3.63) is 34.4 Å². The first-order valence-electron chi connectivity index (χ1n) is 13.8. The third kappa shape index (κ3) is 13.2. The van der Waals surface area contributed by atoms with Crippen LogP contribution in [-0.2, 0) is 12.8 Å². The summed E-state index contributed by atoms with van der Waals surface area (Å²) in [6.45, 7) is 4.51. The molecule has 0 unspecified atom stereocenters. The Morgan fingerprint density at radius 3 is 1.03 bits per heavy atom. The lowest BCUT2D eigenvalue weighted by Crippen LogP contribution is -2.01. The zero-order valence-electron chi connectivity index (χ0n) is 21.3. The van der Waals surface area contributed by atoms with Crippen LogP contribution in [0.3, 0.4) is 0 Å². The summed E-state index contributed by atoms with van der Waals surface area (Å²) in [5, 5.41) is 0. The molecule has 0 aliphatic heterocycles. The van der Waals surface area contributed by atoms with E-state index in [4.69, 9.17) is 0 Å². The molecule has 0 aliphatic carbocycles. The summed E-state index contributed by atoms with van der Waals surface area (Å²) in [5.41, 5.74) is 3.70. The summed E-state index contributed by atoms with van der Waals surface area (Å²) in [6.07, 6.45) is 27.1. The normalized spacial score (nSPS) is 11.1. The van der Waals surface area contributed by atoms with Crippen LogP contribution in [0.25, 0.3) is 0 Å². The van der Waals surface area contributed by atoms with Gasteiger partial charge in [0.25, 0.3) is 0 Å². The first-order chi connectivity index (χ1) is 15.8. The van der Waals surface area contributed by atoms with Gasteiger partial charge in [-0.2, -0.15) is 0 Å². The number of aryl methyl sites for hydroxylation is 2. The van der Waals surface area contributed by atoms with Crippen molar-refractivity contribution in [2.75, 3.05) is 0 Å². The predicted octanol–water partition coefficient (Wildman–Crippen LogP) is 9.46. The van der Waals surface area contributed by atoms with Gasteiger partial charge in [0.15, 0.2) is 0 Å². The van der Waals surface area contributed by atoms with Gasteiger partial charge in [-0.15, -0.1) is 0 Å². The molecule has 32 heavy (non-hydrogen) atoms. The molecular weight excluding hydrogens is 392 g/mol. The minimum absolute atomic E-state index is 0.793. The van der Waals surface area contributed by atoms with E-state index in [1.165, 1.54) is 103 Å². The highest BCUT2D eigenvalue weighted by Crippen LogP contribution is 2.21. The molecule has 0 amide bonds. The van der Waals surface area contributed by atoms with Crippen molar-refractivity contribution in [2.24, 2.45) is 0 Å². The molecule has 0 spiro atoms. The van der Waals surface area contributed by atoms with Crippen LogP contribution in [0.15, 0.2) is 12.1 Å². The van der Waals surface area contributed by atoms with E-state index in [0.717, 1.165) is 60.5 Å². The van der Waals surface area contributed by atoms with Crippen molar-refractivity contribution >= 4 is 12.6 Å². The Balaban J connectivity index is 2.34. The molecule has 1 aromatic carbocycles. The minimum Gasteiger partial charge on any atom is -0.298 e. The topological polar surface area (TPSA) is 34.1 Å². The highest BCUT2D eigenvalue weighted by atomic mass is 16.1. The molecule has 1 aromatic rings. The highest BCUT2D eigenvalue weighted by molar-refractivity contribution is 5.83. The molecule has 0 bridgehead atoms. The molecule has 0 aliphatic rings. The van der Waals surface area contributed by atoms with E-state index < -0.39 is 0 Å². The fraction of sp³-hybridized carbons (Fsp3) is 0.733. The lowest BCUT2D eigenvalue weighted by Gasteiger charge is -2.11. The van der Waals surface area contributed by atoms with Crippen LogP contribution >= 0.6 is 0 Å². The lowest BCUT2D eigenvalue weighted by molar-refractivity contribution is 0.111. The fourth-order valence-corrected chi connectivity index (χ4v) is 4.63. The average molecular weight is 443 g/mol. The van der Waals surface area contributed by atoms with Gasteiger partial charge in [-0.1, -0.05) is 117 Å². The van der Waals surface area contributed by atoms with Gasteiger partial charge in [-0.05, 0) is 48.9 Å². The SMILES string of the molecule is CCCCCCCCCCCc1cc(C=O)c(CCCCCCCCCCC)cc1C=O. The van der Waals surface area contributed by atoms with Gasteiger partial charge in [0.1, 0.15) is 12.6 Å². The van der Waals surface area contributed by atoms with Gasteiger partial charge in [-0.25, -0.2) is 0 Å². The molecule has 0 atom stereocenters. The van der Waals surface area contributed by atoms with Gasteiger partial charge < -0.3 is 0 Å². The molecule has 0 heterocycles. The minimum atomic E-state index is 0.793. The van der Waals surface area contributed by atoms with Crippen LogP contribution in [0.5, 0.6) is 0 Å². The van der Waals surface area contributed by atoms with E-state index >= 15 is 0 Å². The van der Waals surface area contributed by atoms with E-state index in [-0.39, 0.29) is 0 Å². The third-order valence-corrected chi connectivity index (χ3v) is 6.75. The second-order valence-corrected chi connectivity index (χ2v) is 9.64. The highest BCUT2D eigenvalue weighted by Gasteiger charge is 2.09. The van der Waals surface area contributed by atoms with Gasteiger partial charge in [-0.3, -0.25) is 9.59 Å². The molecule has 0 N–H and O–H groups in total. The average Bonchev–Trinajstić information content (AvgIpc) is 2.82. The first-order valence-corrected chi connectivity index (χ1v) is 13.8. The molecule has 0 fully saturated rings. The molecule has 0 aromatic heterocycles. The van der Waals surface area contributed by atoms with Crippen LogP contribution < -0.4 is 0 Å². The Morgan fingerprint density at radius 1 is 0.469 bits per heavy atom. The van der Waals surface area contributed by atoms with Gasteiger partial charge >= 0.3 is 0 Å². The summed E-state index contributed by atoms with van der Waals surface area (Å²) in [7, 11) is 0. The Morgan fingerprint density at radius 2 is 0.750 bits per heavy atom. The second-order valence-electron chi connectivity index (χ2n) is 9.64. The first kappa shape index (κ1) is 28.6. The van der Waals surface area contributed by atoms with Crippen molar-refractivity contribution < 1.29 is 9.59 Å². The molecular formula is C30H50O2. The van der Waals surface area contributed by atoms with Crippen LogP contribution in [-0.4, -0.2) is 12.6 Å². The zero-order valence-corrected chi connectivity index (χ0v) is 21.3. The van der Waals surface area contributed by atoms with E-state index in [9.17, 15) is 9.59 Å². The van der Waals surface area contributed by atoms with Crippen LogP contribution in [0, 0.1) is 0 Å². The molecule has 182 valence electrons. The number of benzene rings is 1. The predicted molar refractivity (Wildman–Crippen MR) is 139 cm³/mol. The van der Waals surface area contributed by atoms with Gasteiger partial charge in [0, 0.05) is 11.1 Å². The lowest BCUT2D eigenvalue weighted by atomic mass is 9.93. The number of rotatable bonds is 22. The molecule has 2 nitrogen and oxygen atoms in total. The largest absolute Gasteiger partial charge is 0.298 e. The second kappa shape index (κ2) is 20.2. The van der Waals surface area contributed by atoms with Gasteiger partial charge in [0.05, 0.1) is 0 Å². The maximum atomic E-state index is 11.7. The summed E-state index contributed by atoms with van der Waals surface area (Å²) in [5.74, 6) is 0. The third-order valence-electron chi connectivity index (χ3n) is 6.75. The van der Waals surface area contributed by atoms with Gasteiger partial charge in [0.2, 0.25) is 0 Å². The smallest absolute Gasteiger partial charge is 0.150 e. The maximum absolute atomic E-state index is 11.7. The number of aldehydes is 2. The van der Waals surface area contributed by atoms with Crippen LogP contribution in [0.2, 0.25) is 0 Å². The monoisotopic (exact) mass is 442 g/mol. The summed E-state index contributed by atoms with van der Waals surface area (Å²) < 4.78 is 0. The summed E-state index contributed by atoms with van der Waals surface area (Å²) >= 11 is 0. The maximum Gasteiger partial charge on any atom is 0.150 e. The summed E-state index contributed by atoms with van der Waals surface area (Å²) in [4.78, 5) is 23.3. The van der Waals surface area contributed by atoms with Crippen molar-refractivity contribution in [3.63, 3.8) is 0 Å². The van der Waals surface area contributed by atoms with Crippen molar-refractivity contribution in [1.29, 1.82) is 0 Å². The Labute approximate surface area is 199 Å². The zero-order chi connectivity index (χ0) is 23.3. The fourth-order valence-electron chi connectivity index (χ4n) is 4.63. The van der Waals surface area contributed by atoms with E-state index in [2.05, 4.69) is 13.8 Å². The number of hydrogen-bond acceptors (Lipinski definition) is 2.